The Morgan fingerprint density at radius 2 is 2.29 bits per heavy atom. The molecule has 0 bridgehead atoms. The Hall–Kier alpha value is -1.82. The van der Waals surface area contributed by atoms with Crippen molar-refractivity contribution in [3.8, 4) is 5.75 Å². The van der Waals surface area contributed by atoms with Crippen LogP contribution in [0.1, 0.15) is 5.56 Å². The smallest absolute Gasteiger partial charge is 0.331 e. The molecule has 0 atom stereocenters. The minimum Gasteiger partial charge on any atom is -0.496 e. The first-order chi connectivity index (χ1) is 8.08. The van der Waals surface area contributed by atoms with Gasteiger partial charge in [-0.3, -0.25) is 5.43 Å². The van der Waals surface area contributed by atoms with Crippen molar-refractivity contribution >= 4 is 6.03 Å². The molecule has 1 aromatic rings. The first-order valence-electron chi connectivity index (χ1n) is 5.12. The number of carbonyl (C=O) groups is 1. The number of hydrazine groups is 1. The highest BCUT2D eigenvalue weighted by molar-refractivity contribution is 5.73. The third-order valence-corrected chi connectivity index (χ3v) is 2.43. The number of nitrogens with two attached hydrogens (primary N) is 1. The van der Waals surface area contributed by atoms with E-state index in [2.05, 4.69) is 0 Å². The molecule has 0 aliphatic heterocycles. The average Bonchev–Trinajstić information content (AvgIpc) is 2.35. The maximum atomic E-state index is 13.1. The van der Waals surface area contributed by atoms with E-state index in [9.17, 15) is 9.18 Å². The van der Waals surface area contributed by atoms with Gasteiger partial charge in [-0.2, -0.15) is 0 Å². The van der Waals surface area contributed by atoms with Gasteiger partial charge >= 0.3 is 6.03 Å². The molecule has 0 aliphatic carbocycles. The number of ether oxygens (including phenoxy) is 1. The predicted octanol–water partition coefficient (Wildman–Crippen LogP) is 0.892. The highest BCUT2D eigenvalue weighted by atomic mass is 19.1. The minimum absolute atomic E-state index is 0.327. The number of urea groups is 1. The summed E-state index contributed by atoms with van der Waals surface area (Å²) in [6.07, 6.45) is 0.491. The number of hydrogen-bond donors (Lipinski definition) is 2. The highest BCUT2D eigenvalue weighted by Gasteiger charge is 2.09. The molecular formula is C11H16FN3O2. The zero-order valence-corrected chi connectivity index (χ0v) is 9.87. The normalized spacial score (nSPS) is 9.88. The lowest BCUT2D eigenvalue weighted by Gasteiger charge is -2.17. The lowest BCUT2D eigenvalue weighted by atomic mass is 10.1. The standard InChI is InChI=1S/C11H16FN3O2/c1-15(11(16)14-13)6-5-8-7-9(12)3-4-10(8)17-2/h3-4,7H,5-6,13H2,1-2H3,(H,14,16). The summed E-state index contributed by atoms with van der Waals surface area (Å²) >= 11 is 0. The Morgan fingerprint density at radius 1 is 1.59 bits per heavy atom. The molecule has 0 unspecified atom stereocenters. The second-order valence-electron chi connectivity index (χ2n) is 3.58. The lowest BCUT2D eigenvalue weighted by Crippen LogP contribution is -2.42. The molecule has 2 amide bonds. The Kier molecular flexibility index (Phi) is 4.71. The first kappa shape index (κ1) is 13.2. The maximum Gasteiger partial charge on any atom is 0.331 e. The summed E-state index contributed by atoms with van der Waals surface area (Å²) in [5.74, 6) is 5.27. The van der Waals surface area contributed by atoms with E-state index in [-0.39, 0.29) is 11.8 Å². The molecule has 0 saturated carbocycles. The number of methoxy groups -OCH3 is 1. The van der Waals surface area contributed by atoms with Gasteiger partial charge in [0.2, 0.25) is 0 Å². The monoisotopic (exact) mass is 241 g/mol. The zero-order valence-electron chi connectivity index (χ0n) is 9.87. The van der Waals surface area contributed by atoms with Gasteiger partial charge in [0, 0.05) is 13.6 Å². The van der Waals surface area contributed by atoms with Crippen molar-refractivity contribution in [2.45, 2.75) is 6.42 Å². The molecule has 0 spiro atoms. The molecule has 0 fully saturated rings. The van der Waals surface area contributed by atoms with Gasteiger partial charge in [0.05, 0.1) is 7.11 Å². The average molecular weight is 241 g/mol. The van der Waals surface area contributed by atoms with Crippen LogP contribution in [0.15, 0.2) is 18.2 Å². The number of halogens is 1. The fraction of sp³-hybridized carbons (Fsp3) is 0.364. The number of likely N-dealkylation sites (N-methyl/N-ethyl adjacent to an activating group) is 1. The third-order valence-electron chi connectivity index (χ3n) is 2.43. The number of nitrogens with one attached hydrogen (secondary N) is 1. The van der Waals surface area contributed by atoms with E-state index in [1.807, 2.05) is 5.43 Å². The Morgan fingerprint density at radius 3 is 2.88 bits per heavy atom. The van der Waals surface area contributed by atoms with Crippen molar-refractivity contribution in [3.05, 3.63) is 29.6 Å². The van der Waals surface area contributed by atoms with Crippen molar-refractivity contribution in [3.63, 3.8) is 0 Å². The van der Waals surface area contributed by atoms with Crippen LogP contribution in [0.25, 0.3) is 0 Å². The van der Waals surface area contributed by atoms with Gasteiger partial charge in [-0.05, 0) is 30.2 Å². The van der Waals surface area contributed by atoms with Gasteiger partial charge in [0.15, 0.2) is 0 Å². The third kappa shape index (κ3) is 3.60. The van der Waals surface area contributed by atoms with Gasteiger partial charge in [-0.1, -0.05) is 0 Å². The number of benzene rings is 1. The van der Waals surface area contributed by atoms with Crippen LogP contribution in [0.3, 0.4) is 0 Å². The summed E-state index contributed by atoms with van der Waals surface area (Å²) in [7, 11) is 3.13. The van der Waals surface area contributed by atoms with Crippen molar-refractivity contribution in [2.24, 2.45) is 5.84 Å². The van der Waals surface area contributed by atoms with Crippen molar-refractivity contribution in [2.75, 3.05) is 20.7 Å². The van der Waals surface area contributed by atoms with Gasteiger partial charge in [0.1, 0.15) is 11.6 Å². The molecule has 5 nitrogen and oxygen atoms in total. The molecule has 3 N–H and O–H groups in total. The van der Waals surface area contributed by atoms with E-state index in [1.54, 1.807) is 13.1 Å². The molecule has 1 rings (SSSR count). The fourth-order valence-corrected chi connectivity index (χ4v) is 1.44. The Balaban J connectivity index is 2.68. The van der Waals surface area contributed by atoms with Crippen LogP contribution in [0.5, 0.6) is 5.75 Å². The van der Waals surface area contributed by atoms with Crippen LogP contribution in [-0.4, -0.2) is 31.6 Å². The summed E-state index contributed by atoms with van der Waals surface area (Å²) in [6.45, 7) is 0.419. The Bertz CT molecular complexity index is 398. The van der Waals surface area contributed by atoms with Gasteiger partial charge in [0.25, 0.3) is 0 Å². The summed E-state index contributed by atoms with van der Waals surface area (Å²) in [5, 5.41) is 0. The molecule has 17 heavy (non-hydrogen) atoms. The molecule has 0 radical (unpaired) electrons. The molecule has 0 heterocycles. The molecule has 0 aliphatic rings. The number of amides is 2. The summed E-state index contributed by atoms with van der Waals surface area (Å²) in [6, 6.07) is 3.90. The fourth-order valence-electron chi connectivity index (χ4n) is 1.44. The van der Waals surface area contributed by atoms with E-state index in [0.717, 1.165) is 0 Å². The van der Waals surface area contributed by atoms with Crippen molar-refractivity contribution < 1.29 is 13.9 Å². The van der Waals surface area contributed by atoms with Gasteiger partial charge in [-0.25, -0.2) is 15.0 Å². The topological polar surface area (TPSA) is 67.6 Å². The maximum absolute atomic E-state index is 13.1. The molecule has 6 heteroatoms. The minimum atomic E-state index is -0.389. The Labute approximate surface area is 99.3 Å². The van der Waals surface area contributed by atoms with Crippen LogP contribution < -0.4 is 16.0 Å². The van der Waals surface area contributed by atoms with Crippen LogP contribution in [0, 0.1) is 5.82 Å². The van der Waals surface area contributed by atoms with Crippen molar-refractivity contribution in [1.29, 1.82) is 0 Å². The number of hydrogen-bond acceptors (Lipinski definition) is 3. The van der Waals surface area contributed by atoms with E-state index in [1.165, 1.54) is 24.1 Å². The quantitative estimate of drug-likeness (QED) is 0.467. The van der Waals surface area contributed by atoms with Crippen LogP contribution >= 0.6 is 0 Å². The van der Waals surface area contributed by atoms with Gasteiger partial charge in [-0.15, -0.1) is 0 Å². The zero-order chi connectivity index (χ0) is 12.8. The van der Waals surface area contributed by atoms with E-state index >= 15 is 0 Å². The first-order valence-corrected chi connectivity index (χ1v) is 5.12. The highest BCUT2D eigenvalue weighted by Crippen LogP contribution is 2.19. The van der Waals surface area contributed by atoms with E-state index in [4.69, 9.17) is 10.6 Å². The van der Waals surface area contributed by atoms with E-state index < -0.39 is 0 Å². The second-order valence-corrected chi connectivity index (χ2v) is 3.58. The molecule has 1 aromatic carbocycles. The number of carbonyl (C=O) groups excluding carboxylic acids is 1. The number of rotatable bonds is 4. The van der Waals surface area contributed by atoms with Crippen LogP contribution in [0.4, 0.5) is 9.18 Å². The van der Waals surface area contributed by atoms with Crippen molar-refractivity contribution in [1.82, 2.24) is 10.3 Å². The van der Waals surface area contributed by atoms with E-state index in [0.29, 0.717) is 24.3 Å². The summed E-state index contributed by atoms with van der Waals surface area (Å²) in [4.78, 5) is 12.5. The molecule has 0 aromatic heterocycles. The molecule has 0 saturated heterocycles. The summed E-state index contributed by atoms with van der Waals surface area (Å²) in [5.41, 5.74) is 2.73. The van der Waals surface area contributed by atoms with Gasteiger partial charge < -0.3 is 9.64 Å². The molecule has 94 valence electrons. The lowest BCUT2D eigenvalue weighted by molar-refractivity contribution is 0.209. The largest absolute Gasteiger partial charge is 0.496 e. The van der Waals surface area contributed by atoms with Crippen LogP contribution in [-0.2, 0) is 6.42 Å². The second kappa shape index (κ2) is 6.05. The van der Waals surface area contributed by atoms with Crippen LogP contribution in [0.2, 0.25) is 0 Å². The SMILES string of the molecule is COc1ccc(F)cc1CCN(C)C(=O)NN. The predicted molar refractivity (Wildman–Crippen MR) is 62.0 cm³/mol. The summed E-state index contributed by atoms with van der Waals surface area (Å²) < 4.78 is 18.2. The number of nitrogens with zero attached hydrogens (tertiary/aromatic N) is 1. The molecular weight excluding hydrogens is 225 g/mol.